The van der Waals surface area contributed by atoms with Gasteiger partial charge in [0.15, 0.2) is 11.5 Å². The van der Waals surface area contributed by atoms with Gasteiger partial charge in [-0.1, -0.05) is 0 Å². The number of ether oxygens (including phenoxy) is 2. The van der Waals surface area contributed by atoms with Crippen LogP contribution in [0.15, 0.2) is 42.7 Å². The number of nitrogens with zero attached hydrogens (tertiary/aromatic N) is 5. The molecule has 0 atom stereocenters. The van der Waals surface area contributed by atoms with Crippen molar-refractivity contribution in [2.24, 2.45) is 0 Å². The van der Waals surface area contributed by atoms with Crippen LogP contribution in [0.1, 0.15) is 31.7 Å². The number of carbonyl (C=O) groups excluding carboxylic acids is 2. The molecule has 0 N–H and O–H groups in total. The largest absolute Gasteiger partial charge is 0.493 e. The Morgan fingerprint density at radius 3 is 2.67 bits per heavy atom. The fourth-order valence-corrected chi connectivity index (χ4v) is 4.58. The number of pyridine rings is 1. The Morgan fingerprint density at radius 1 is 1.15 bits per heavy atom. The molecular weight excluding hydrogens is 508 g/mol. The van der Waals surface area contributed by atoms with Crippen LogP contribution in [0.5, 0.6) is 11.5 Å². The second-order valence-electron chi connectivity index (χ2n) is 10.0. The normalized spacial score (nSPS) is 14.2. The summed E-state index contributed by atoms with van der Waals surface area (Å²) in [6, 6.07) is 8.90. The summed E-state index contributed by atoms with van der Waals surface area (Å²) in [6.07, 6.45) is 4.23. The number of fused-ring (bicyclic) bond motifs is 1. The monoisotopic (exact) mass is 543 g/mol. The smallest absolute Gasteiger partial charge is 0.324 e. The number of anilines is 1. The number of methoxy groups -OCH3 is 1. The van der Waals surface area contributed by atoms with Crippen LogP contribution in [-0.2, 0) is 17.9 Å². The van der Waals surface area contributed by atoms with E-state index in [1.54, 1.807) is 48.3 Å². The second-order valence-corrected chi connectivity index (χ2v) is 10.0. The highest BCUT2D eigenvalue weighted by Crippen LogP contribution is 2.34. The van der Waals surface area contributed by atoms with Crippen LogP contribution < -0.4 is 14.4 Å². The lowest BCUT2D eigenvalue weighted by Gasteiger charge is -2.36. The number of likely N-dealkylation sites (N-methyl/N-ethyl adjacent to an activating group) is 1. The van der Waals surface area contributed by atoms with E-state index in [1.807, 2.05) is 22.9 Å². The maximum Gasteiger partial charge on any atom is 0.324 e. The molecule has 3 heterocycles. The number of aromatic nitrogens is 2. The van der Waals surface area contributed by atoms with E-state index in [1.165, 1.54) is 12.0 Å². The minimum Gasteiger partial charge on any atom is -0.493 e. The Morgan fingerprint density at radius 2 is 1.95 bits per heavy atom. The van der Waals surface area contributed by atoms with E-state index in [9.17, 15) is 18.4 Å². The first-order valence-corrected chi connectivity index (χ1v) is 13.0. The number of hydrogen-bond donors (Lipinski definition) is 0. The molecule has 0 spiro atoms. The molecule has 4 rings (SSSR count). The zero-order chi connectivity index (χ0) is 28.2. The van der Waals surface area contributed by atoms with Crippen molar-refractivity contribution in [1.82, 2.24) is 19.4 Å². The van der Waals surface area contributed by atoms with Gasteiger partial charge in [0.25, 0.3) is 0 Å². The van der Waals surface area contributed by atoms with Crippen LogP contribution in [-0.4, -0.2) is 78.1 Å². The van der Waals surface area contributed by atoms with E-state index in [4.69, 9.17) is 9.47 Å². The Hall–Kier alpha value is -3.89. The number of rotatable bonds is 11. The molecule has 1 aliphatic heterocycles. The van der Waals surface area contributed by atoms with Gasteiger partial charge in [-0.3, -0.25) is 9.69 Å². The Kier molecular flexibility index (Phi) is 8.57. The van der Waals surface area contributed by atoms with Crippen molar-refractivity contribution in [1.29, 1.82) is 0 Å². The van der Waals surface area contributed by atoms with Gasteiger partial charge in [0, 0.05) is 69.7 Å². The third kappa shape index (κ3) is 6.76. The fourth-order valence-electron chi connectivity index (χ4n) is 4.58. The molecule has 39 heavy (non-hydrogen) atoms. The van der Waals surface area contributed by atoms with E-state index < -0.39 is 5.92 Å². The zero-order valence-electron chi connectivity index (χ0n) is 22.8. The fraction of sp³-hybridized carbons (Fsp3) is 0.464. The average molecular weight is 544 g/mol. The van der Waals surface area contributed by atoms with Gasteiger partial charge in [-0.15, -0.1) is 0 Å². The van der Waals surface area contributed by atoms with Crippen LogP contribution in [0.3, 0.4) is 0 Å². The number of benzene rings is 1. The molecule has 1 aromatic carbocycles. The van der Waals surface area contributed by atoms with Gasteiger partial charge in [0.1, 0.15) is 12.2 Å². The number of carbonyl (C=O) groups is 2. The lowest BCUT2D eigenvalue weighted by Crippen LogP contribution is -2.49. The van der Waals surface area contributed by atoms with Crippen LogP contribution in [0.2, 0.25) is 0 Å². The highest BCUT2D eigenvalue weighted by atomic mass is 19.3. The molecular formula is C28H35F2N5O4. The molecule has 1 fully saturated rings. The molecule has 0 saturated carbocycles. The van der Waals surface area contributed by atoms with E-state index in [0.29, 0.717) is 42.5 Å². The molecule has 3 aromatic rings. The summed E-state index contributed by atoms with van der Waals surface area (Å²) < 4.78 is 39.3. The standard InChI is InChI=1S/C28H35F2N5O4/c1-28(29,30)11-5-16-39-24-17-21(7-8-23(24)38-4)35-14-6-13-34(27(35)37)18-20-9-12-31-26-22(20)10-15-33(26)19-25(36)32(2)3/h7-10,12,15,17H,5-6,11,13-14,16,18-19H2,1-4H3. The third-order valence-corrected chi connectivity index (χ3v) is 6.71. The molecule has 3 amide bonds. The Bertz CT molecular complexity index is 1320. The Labute approximate surface area is 226 Å². The molecule has 0 bridgehead atoms. The first kappa shape index (κ1) is 28.1. The zero-order valence-corrected chi connectivity index (χ0v) is 22.8. The highest BCUT2D eigenvalue weighted by molar-refractivity contribution is 5.93. The van der Waals surface area contributed by atoms with E-state index in [2.05, 4.69) is 4.98 Å². The van der Waals surface area contributed by atoms with Crippen LogP contribution in [0.25, 0.3) is 11.0 Å². The summed E-state index contributed by atoms with van der Waals surface area (Å²) in [6.45, 7) is 2.72. The van der Waals surface area contributed by atoms with Crippen molar-refractivity contribution >= 4 is 28.7 Å². The van der Waals surface area contributed by atoms with Crippen LogP contribution >= 0.6 is 0 Å². The minimum atomic E-state index is -2.74. The topological polar surface area (TPSA) is 80.1 Å². The summed E-state index contributed by atoms with van der Waals surface area (Å²) in [4.78, 5) is 35.3. The SMILES string of the molecule is COc1ccc(N2CCCN(Cc3ccnc4c3ccn4CC(=O)N(C)C)C2=O)cc1OCCCC(C)(F)F. The quantitative estimate of drug-likeness (QED) is 0.325. The molecule has 2 aromatic heterocycles. The number of amides is 3. The van der Waals surface area contributed by atoms with Crippen molar-refractivity contribution in [3.8, 4) is 11.5 Å². The first-order valence-electron chi connectivity index (χ1n) is 13.0. The molecule has 0 radical (unpaired) electrons. The van der Waals surface area contributed by atoms with Gasteiger partial charge in [0.05, 0.1) is 13.7 Å². The molecule has 9 nitrogen and oxygen atoms in total. The molecule has 11 heteroatoms. The third-order valence-electron chi connectivity index (χ3n) is 6.71. The van der Waals surface area contributed by atoms with Crippen LogP contribution in [0, 0.1) is 0 Å². The van der Waals surface area contributed by atoms with Crippen LogP contribution in [0.4, 0.5) is 19.3 Å². The molecule has 1 saturated heterocycles. The van der Waals surface area contributed by atoms with Gasteiger partial charge in [0.2, 0.25) is 11.8 Å². The number of urea groups is 1. The molecule has 210 valence electrons. The summed E-state index contributed by atoms with van der Waals surface area (Å²) >= 11 is 0. The summed E-state index contributed by atoms with van der Waals surface area (Å²) in [5.74, 6) is -1.90. The predicted octanol–water partition coefficient (Wildman–Crippen LogP) is 4.78. The lowest BCUT2D eigenvalue weighted by atomic mass is 10.1. The Balaban J connectivity index is 1.49. The number of hydrogen-bond acceptors (Lipinski definition) is 5. The van der Waals surface area contributed by atoms with Gasteiger partial charge in [-0.2, -0.15) is 0 Å². The second kappa shape index (κ2) is 11.9. The molecule has 1 aliphatic rings. The lowest BCUT2D eigenvalue weighted by molar-refractivity contribution is -0.129. The maximum absolute atomic E-state index is 13.6. The summed E-state index contributed by atoms with van der Waals surface area (Å²) in [5, 5.41) is 0.895. The van der Waals surface area contributed by atoms with Gasteiger partial charge in [-0.25, -0.2) is 18.6 Å². The molecule has 0 unspecified atom stereocenters. The van der Waals surface area contributed by atoms with E-state index in [0.717, 1.165) is 24.3 Å². The van der Waals surface area contributed by atoms with Gasteiger partial charge in [-0.05, 0) is 49.6 Å². The minimum absolute atomic E-state index is 0.0345. The predicted molar refractivity (Wildman–Crippen MR) is 145 cm³/mol. The maximum atomic E-state index is 13.6. The highest BCUT2D eigenvalue weighted by Gasteiger charge is 2.28. The van der Waals surface area contributed by atoms with Crippen molar-refractivity contribution in [3.63, 3.8) is 0 Å². The number of alkyl halides is 2. The summed E-state index contributed by atoms with van der Waals surface area (Å²) in [7, 11) is 4.94. The summed E-state index contributed by atoms with van der Waals surface area (Å²) in [5.41, 5.74) is 2.29. The number of halogens is 2. The van der Waals surface area contributed by atoms with E-state index >= 15 is 0 Å². The van der Waals surface area contributed by atoms with Gasteiger partial charge >= 0.3 is 6.03 Å². The first-order chi connectivity index (χ1) is 18.6. The van der Waals surface area contributed by atoms with Crippen molar-refractivity contribution in [2.75, 3.05) is 45.8 Å². The van der Waals surface area contributed by atoms with Crippen molar-refractivity contribution in [2.45, 2.75) is 45.2 Å². The van der Waals surface area contributed by atoms with E-state index in [-0.39, 0.29) is 37.9 Å². The van der Waals surface area contributed by atoms with Gasteiger partial charge < -0.3 is 23.8 Å². The van der Waals surface area contributed by atoms with Crippen molar-refractivity contribution in [3.05, 3.63) is 48.3 Å². The average Bonchev–Trinajstić information content (AvgIpc) is 3.30. The molecule has 0 aliphatic carbocycles. The van der Waals surface area contributed by atoms with Crippen molar-refractivity contribution < 1.29 is 27.8 Å².